The van der Waals surface area contributed by atoms with Crippen molar-refractivity contribution in [2.45, 2.75) is 19.3 Å². The Labute approximate surface area is 344 Å². The summed E-state index contributed by atoms with van der Waals surface area (Å²) in [6.45, 7) is 4.84. The largest absolute Gasteiger partial charge is 0.0622 e. The zero-order valence-corrected chi connectivity index (χ0v) is 33.0. The highest BCUT2D eigenvalue weighted by Gasteiger charge is 2.37. The lowest BCUT2D eigenvalue weighted by Gasteiger charge is -2.23. The highest BCUT2D eigenvalue weighted by Crippen LogP contribution is 2.58. The standard InChI is InChI=1S/C59H38/c1-59(2)51-33-39(43-31-29-41(35-13-5-3-6-14-35)55-47-21-9-17-37-19-11-23-49(53(37)47)57(43)55)25-27-45(51)46-28-26-40(34-52(46)59)44-32-30-42(36-15-7-4-8-16-36)56-48-22-10-18-38-20-12-24-50(54(38)48)58(44)56/h3-34H,1-2H3. The van der Waals surface area contributed by atoms with E-state index in [1.807, 2.05) is 0 Å². The topological polar surface area (TPSA) is 0 Å². The summed E-state index contributed by atoms with van der Waals surface area (Å²) in [6, 6.07) is 72.9. The van der Waals surface area contributed by atoms with E-state index in [-0.39, 0.29) is 5.41 Å². The third-order valence-corrected chi connectivity index (χ3v) is 13.8. The maximum atomic E-state index is 2.50. The fourth-order valence-corrected chi connectivity index (χ4v) is 11.1. The van der Waals surface area contributed by atoms with E-state index in [4.69, 9.17) is 0 Å². The smallest absolute Gasteiger partial charge is 0.0159 e. The van der Waals surface area contributed by atoms with Gasteiger partial charge in [0.25, 0.3) is 0 Å². The molecule has 0 nitrogen and oxygen atoms in total. The van der Waals surface area contributed by atoms with Gasteiger partial charge in [0, 0.05) is 5.41 Å². The van der Waals surface area contributed by atoms with Crippen LogP contribution in [0.25, 0.3) is 122 Å². The van der Waals surface area contributed by atoms with Crippen LogP contribution in [0.5, 0.6) is 0 Å². The molecule has 0 bridgehead atoms. The van der Waals surface area contributed by atoms with Crippen molar-refractivity contribution in [3.05, 3.63) is 205 Å². The first-order chi connectivity index (χ1) is 29.0. The van der Waals surface area contributed by atoms with Crippen molar-refractivity contribution in [2.75, 3.05) is 0 Å². The fraction of sp³-hybridized carbons (Fsp3) is 0.0508. The molecule has 10 aromatic carbocycles. The summed E-state index contributed by atoms with van der Waals surface area (Å²) in [7, 11) is 0. The number of fused-ring (bicyclic) bond motifs is 9. The Bertz CT molecular complexity index is 3200. The normalized spacial score (nSPS) is 13.4. The molecular weight excluding hydrogens is 709 g/mol. The monoisotopic (exact) mass is 746 g/mol. The third kappa shape index (κ3) is 4.44. The van der Waals surface area contributed by atoms with Crippen molar-refractivity contribution in [3.63, 3.8) is 0 Å². The van der Waals surface area contributed by atoms with E-state index in [0.29, 0.717) is 0 Å². The molecule has 0 aromatic heterocycles. The number of benzene rings is 10. The summed E-state index contributed by atoms with van der Waals surface area (Å²) in [6.07, 6.45) is 0. The van der Waals surface area contributed by atoms with E-state index < -0.39 is 0 Å². The van der Waals surface area contributed by atoms with Crippen LogP contribution < -0.4 is 0 Å². The van der Waals surface area contributed by atoms with Gasteiger partial charge in [-0.25, -0.2) is 0 Å². The van der Waals surface area contributed by atoms with Crippen LogP contribution in [0.3, 0.4) is 0 Å². The van der Waals surface area contributed by atoms with Gasteiger partial charge in [-0.2, -0.15) is 0 Å². The Morgan fingerprint density at radius 3 is 0.932 bits per heavy atom. The van der Waals surface area contributed by atoms with Crippen LogP contribution in [-0.4, -0.2) is 0 Å². The summed E-state index contributed by atoms with van der Waals surface area (Å²) >= 11 is 0. The predicted octanol–water partition coefficient (Wildman–Crippen LogP) is 16.3. The molecule has 13 rings (SSSR count). The van der Waals surface area contributed by atoms with Crippen molar-refractivity contribution in [2.24, 2.45) is 0 Å². The van der Waals surface area contributed by atoms with Crippen LogP contribution in [0.2, 0.25) is 0 Å². The van der Waals surface area contributed by atoms with Gasteiger partial charge in [0.15, 0.2) is 0 Å². The molecule has 0 unspecified atom stereocenters. The van der Waals surface area contributed by atoms with E-state index in [0.717, 1.165) is 0 Å². The highest BCUT2D eigenvalue weighted by molar-refractivity contribution is 6.22. The zero-order chi connectivity index (χ0) is 39.0. The molecule has 0 spiro atoms. The van der Waals surface area contributed by atoms with Gasteiger partial charge in [0.1, 0.15) is 0 Å². The van der Waals surface area contributed by atoms with Crippen molar-refractivity contribution >= 4 is 21.5 Å². The van der Waals surface area contributed by atoms with Gasteiger partial charge in [-0.05, 0) is 145 Å². The first kappa shape index (κ1) is 32.8. The first-order valence-corrected chi connectivity index (χ1v) is 20.8. The molecule has 0 radical (unpaired) electrons. The van der Waals surface area contributed by atoms with E-state index in [9.17, 15) is 0 Å². The van der Waals surface area contributed by atoms with Crippen molar-refractivity contribution in [1.29, 1.82) is 0 Å². The van der Waals surface area contributed by atoms with Crippen molar-refractivity contribution in [1.82, 2.24) is 0 Å². The third-order valence-electron chi connectivity index (χ3n) is 13.8. The summed E-state index contributed by atoms with van der Waals surface area (Å²) in [5, 5.41) is 5.31. The van der Waals surface area contributed by atoms with Crippen LogP contribution in [0.15, 0.2) is 194 Å². The molecule has 274 valence electrons. The molecule has 3 aliphatic carbocycles. The predicted molar refractivity (Wildman–Crippen MR) is 250 cm³/mol. The minimum atomic E-state index is -0.192. The fourth-order valence-electron chi connectivity index (χ4n) is 11.1. The van der Waals surface area contributed by atoms with Gasteiger partial charge in [-0.15, -0.1) is 0 Å². The first-order valence-electron chi connectivity index (χ1n) is 20.8. The Morgan fingerprint density at radius 1 is 0.254 bits per heavy atom. The minimum Gasteiger partial charge on any atom is -0.0622 e. The van der Waals surface area contributed by atoms with Gasteiger partial charge in [-0.3, -0.25) is 0 Å². The highest BCUT2D eigenvalue weighted by atomic mass is 14.4. The van der Waals surface area contributed by atoms with Gasteiger partial charge in [0.2, 0.25) is 0 Å². The molecule has 0 heteroatoms. The molecule has 10 aromatic rings. The van der Waals surface area contributed by atoms with Crippen LogP contribution in [0.4, 0.5) is 0 Å². The van der Waals surface area contributed by atoms with Gasteiger partial charge in [-0.1, -0.05) is 196 Å². The molecule has 59 heavy (non-hydrogen) atoms. The lowest BCUT2D eigenvalue weighted by atomic mass is 9.79. The molecule has 0 atom stereocenters. The molecule has 0 amide bonds. The molecule has 0 saturated heterocycles. The lowest BCUT2D eigenvalue weighted by Crippen LogP contribution is -2.15. The second-order valence-corrected chi connectivity index (χ2v) is 17.1. The molecular formula is C59H38. The van der Waals surface area contributed by atoms with E-state index >= 15 is 0 Å². The maximum Gasteiger partial charge on any atom is 0.0159 e. The molecule has 0 heterocycles. The van der Waals surface area contributed by atoms with Gasteiger partial charge < -0.3 is 0 Å². The number of hydrogen-bond donors (Lipinski definition) is 0. The van der Waals surface area contributed by atoms with Gasteiger partial charge >= 0.3 is 0 Å². The second kappa shape index (κ2) is 11.9. The molecule has 3 aliphatic rings. The summed E-state index contributed by atoms with van der Waals surface area (Å²) < 4.78 is 0. The van der Waals surface area contributed by atoms with Crippen molar-refractivity contribution in [3.8, 4) is 100 Å². The number of hydrogen-bond acceptors (Lipinski definition) is 0. The molecule has 0 fully saturated rings. The van der Waals surface area contributed by atoms with E-state index in [2.05, 4.69) is 208 Å². The van der Waals surface area contributed by atoms with Crippen LogP contribution >= 0.6 is 0 Å². The van der Waals surface area contributed by atoms with Gasteiger partial charge in [0.05, 0.1) is 0 Å². The zero-order valence-electron chi connectivity index (χ0n) is 33.0. The summed E-state index contributed by atoms with van der Waals surface area (Å²) in [4.78, 5) is 0. The SMILES string of the molecule is CC1(C)c2cc(-c3ccc(-c4ccccc4)c4c3-c3cccc5cccc-4c35)ccc2-c2ccc(-c3ccc(-c4ccccc4)c4c3-c3cccc5cccc-4c35)cc21. The quantitative estimate of drug-likeness (QED) is 0.168. The molecule has 0 saturated carbocycles. The van der Waals surface area contributed by atoms with Crippen LogP contribution in [0.1, 0.15) is 25.0 Å². The van der Waals surface area contributed by atoms with Crippen molar-refractivity contribution < 1.29 is 0 Å². The number of rotatable bonds is 4. The Morgan fingerprint density at radius 2 is 0.576 bits per heavy atom. The molecule has 0 aliphatic heterocycles. The lowest BCUT2D eigenvalue weighted by molar-refractivity contribution is 0.661. The second-order valence-electron chi connectivity index (χ2n) is 17.1. The van der Waals surface area contributed by atoms with E-state index in [1.54, 1.807) is 0 Å². The average Bonchev–Trinajstić information content (AvgIpc) is 3.89. The Kier molecular flexibility index (Phi) is 6.60. The van der Waals surface area contributed by atoms with Crippen LogP contribution in [-0.2, 0) is 5.41 Å². The maximum absolute atomic E-state index is 2.50. The van der Waals surface area contributed by atoms with E-state index in [1.165, 1.54) is 133 Å². The Balaban J connectivity index is 0.969. The minimum absolute atomic E-state index is 0.192. The summed E-state index contributed by atoms with van der Waals surface area (Å²) in [5.74, 6) is 0. The van der Waals surface area contributed by atoms with Crippen LogP contribution in [0, 0.1) is 0 Å². The molecule has 0 N–H and O–H groups in total. The Hall–Kier alpha value is -7.28. The summed E-state index contributed by atoms with van der Waals surface area (Å²) in [5.41, 5.74) is 26.2. The average molecular weight is 747 g/mol.